The van der Waals surface area contributed by atoms with Crippen molar-refractivity contribution in [1.29, 1.82) is 0 Å². The van der Waals surface area contributed by atoms with E-state index in [4.69, 9.17) is 9.15 Å². The molecule has 2 aromatic heterocycles. The smallest absolute Gasteiger partial charge is 0.361 e. The summed E-state index contributed by atoms with van der Waals surface area (Å²) in [6, 6.07) is 13.1. The maximum absolute atomic E-state index is 12.3. The summed E-state index contributed by atoms with van der Waals surface area (Å²) in [4.78, 5) is 29.7. The van der Waals surface area contributed by atoms with Gasteiger partial charge in [0, 0.05) is 10.4 Å². The molecule has 0 aliphatic heterocycles. The van der Waals surface area contributed by atoms with Crippen LogP contribution in [0, 0.1) is 6.92 Å². The molecule has 0 spiro atoms. The van der Waals surface area contributed by atoms with Crippen LogP contribution in [0.15, 0.2) is 52.3 Å². The molecule has 0 unspecified atom stereocenters. The predicted molar refractivity (Wildman–Crippen MR) is 97.7 cm³/mol. The van der Waals surface area contributed by atoms with E-state index in [-0.39, 0.29) is 11.6 Å². The Hall–Kier alpha value is -2.93. The van der Waals surface area contributed by atoms with Gasteiger partial charge in [-0.1, -0.05) is 24.3 Å². The number of benzene rings is 1. The molecule has 26 heavy (non-hydrogen) atoms. The number of carbonyl (C=O) groups is 2. The third-order valence-electron chi connectivity index (χ3n) is 3.68. The fourth-order valence-electron chi connectivity index (χ4n) is 2.29. The molecule has 7 heteroatoms. The van der Waals surface area contributed by atoms with Gasteiger partial charge in [-0.2, -0.15) is 0 Å². The second-order valence-corrected chi connectivity index (χ2v) is 6.67. The van der Waals surface area contributed by atoms with E-state index in [2.05, 4.69) is 10.3 Å². The van der Waals surface area contributed by atoms with Crippen molar-refractivity contribution in [2.75, 3.05) is 0 Å². The van der Waals surface area contributed by atoms with Crippen molar-refractivity contribution in [3.63, 3.8) is 0 Å². The second-order valence-electron chi connectivity index (χ2n) is 5.63. The van der Waals surface area contributed by atoms with Crippen molar-refractivity contribution in [2.45, 2.75) is 26.5 Å². The molecule has 0 aliphatic carbocycles. The summed E-state index contributed by atoms with van der Waals surface area (Å²) in [6.45, 7) is 3.56. The Labute approximate surface area is 154 Å². The number of ether oxygens (including phenoxy) is 1. The van der Waals surface area contributed by atoms with Crippen molar-refractivity contribution < 1.29 is 18.7 Å². The second kappa shape index (κ2) is 7.97. The number of esters is 1. The molecule has 2 heterocycles. The van der Waals surface area contributed by atoms with Crippen LogP contribution >= 0.6 is 11.3 Å². The minimum Gasteiger partial charge on any atom is -0.448 e. The van der Waals surface area contributed by atoms with E-state index in [1.165, 1.54) is 6.92 Å². The molecule has 6 nitrogen and oxygen atoms in total. The van der Waals surface area contributed by atoms with Crippen LogP contribution in [0.3, 0.4) is 0 Å². The molecule has 0 aliphatic rings. The first-order chi connectivity index (χ1) is 12.5. The Morgan fingerprint density at radius 2 is 2.00 bits per heavy atom. The van der Waals surface area contributed by atoms with Gasteiger partial charge in [0.15, 0.2) is 11.8 Å². The number of aromatic nitrogens is 1. The molecular weight excluding hydrogens is 352 g/mol. The number of rotatable bonds is 6. The Balaban J connectivity index is 1.62. The molecule has 0 fully saturated rings. The van der Waals surface area contributed by atoms with Crippen LogP contribution in [0.4, 0.5) is 0 Å². The molecule has 0 saturated carbocycles. The highest BCUT2D eigenvalue weighted by Gasteiger charge is 2.24. The van der Waals surface area contributed by atoms with Crippen LogP contribution < -0.4 is 5.32 Å². The minimum absolute atomic E-state index is 0.0711. The third kappa shape index (κ3) is 4.18. The number of hydrogen-bond donors (Lipinski definition) is 1. The minimum atomic E-state index is -0.932. The number of hydrogen-bond acceptors (Lipinski definition) is 6. The van der Waals surface area contributed by atoms with Crippen molar-refractivity contribution in [3.05, 3.63) is 64.2 Å². The summed E-state index contributed by atoms with van der Waals surface area (Å²) in [7, 11) is 0. The summed E-state index contributed by atoms with van der Waals surface area (Å²) in [5.74, 6) is -0.367. The van der Waals surface area contributed by atoms with E-state index in [1.54, 1.807) is 18.3 Å². The quantitative estimate of drug-likeness (QED) is 0.671. The topological polar surface area (TPSA) is 81.4 Å². The monoisotopic (exact) mass is 370 g/mol. The Morgan fingerprint density at radius 3 is 2.69 bits per heavy atom. The lowest BCUT2D eigenvalue weighted by molar-refractivity contribution is -0.129. The number of amides is 1. The van der Waals surface area contributed by atoms with Gasteiger partial charge in [-0.15, -0.1) is 11.3 Å². The average molecular weight is 370 g/mol. The highest BCUT2D eigenvalue weighted by Crippen LogP contribution is 2.22. The van der Waals surface area contributed by atoms with Gasteiger partial charge in [0.25, 0.3) is 5.91 Å². The highest BCUT2D eigenvalue weighted by atomic mass is 32.1. The molecule has 0 bridgehead atoms. The first-order valence-electron chi connectivity index (χ1n) is 8.08. The summed E-state index contributed by atoms with van der Waals surface area (Å²) < 4.78 is 10.8. The maximum Gasteiger partial charge on any atom is 0.361 e. The van der Waals surface area contributed by atoms with Crippen LogP contribution in [0.25, 0.3) is 11.5 Å². The van der Waals surface area contributed by atoms with Crippen molar-refractivity contribution in [3.8, 4) is 11.5 Å². The molecule has 3 aromatic rings. The third-order valence-corrected chi connectivity index (χ3v) is 4.56. The Morgan fingerprint density at radius 1 is 1.23 bits per heavy atom. The summed E-state index contributed by atoms with van der Waals surface area (Å²) in [5, 5.41) is 4.67. The number of nitrogens with zero attached hydrogens (tertiary/aromatic N) is 1. The number of nitrogens with one attached hydrogen (secondary N) is 1. The zero-order valence-corrected chi connectivity index (χ0v) is 15.2. The van der Waals surface area contributed by atoms with Crippen molar-refractivity contribution in [1.82, 2.24) is 10.3 Å². The highest BCUT2D eigenvalue weighted by molar-refractivity contribution is 7.09. The van der Waals surface area contributed by atoms with Crippen LogP contribution in [0.1, 0.15) is 28.0 Å². The lowest BCUT2D eigenvalue weighted by Gasteiger charge is -2.12. The molecule has 3 rings (SSSR count). The number of aryl methyl sites for hydroxylation is 1. The van der Waals surface area contributed by atoms with E-state index in [9.17, 15) is 9.59 Å². The van der Waals surface area contributed by atoms with E-state index in [1.807, 2.05) is 47.8 Å². The largest absolute Gasteiger partial charge is 0.448 e. The molecule has 1 N–H and O–H groups in total. The van der Waals surface area contributed by atoms with E-state index >= 15 is 0 Å². The zero-order valence-electron chi connectivity index (χ0n) is 14.4. The van der Waals surface area contributed by atoms with E-state index in [0.29, 0.717) is 18.2 Å². The summed E-state index contributed by atoms with van der Waals surface area (Å²) >= 11 is 1.55. The Bertz CT molecular complexity index is 888. The molecule has 1 amide bonds. The molecular formula is C19H18N2O4S. The first kappa shape index (κ1) is 17.9. The van der Waals surface area contributed by atoms with Crippen LogP contribution in [0.2, 0.25) is 0 Å². The SMILES string of the molecule is Cc1oc(-c2ccccc2)nc1C(=O)O[C@H](C)C(=O)NCc1cccs1. The van der Waals surface area contributed by atoms with Crippen LogP contribution in [-0.4, -0.2) is 23.0 Å². The van der Waals surface area contributed by atoms with Gasteiger partial charge in [0.1, 0.15) is 5.76 Å². The van der Waals surface area contributed by atoms with E-state index < -0.39 is 12.1 Å². The number of thiophene rings is 1. The van der Waals surface area contributed by atoms with Crippen molar-refractivity contribution >= 4 is 23.2 Å². The van der Waals surface area contributed by atoms with E-state index in [0.717, 1.165) is 10.4 Å². The molecule has 134 valence electrons. The van der Waals surface area contributed by atoms with Crippen molar-refractivity contribution in [2.24, 2.45) is 0 Å². The number of carbonyl (C=O) groups excluding carboxylic acids is 2. The standard InChI is InChI=1S/C19H18N2O4S/c1-12-16(21-18(24-12)14-7-4-3-5-8-14)19(23)25-13(2)17(22)20-11-15-9-6-10-26-15/h3-10,13H,11H2,1-2H3,(H,20,22)/t13-/m1/s1. The van der Waals surface area contributed by atoms with Gasteiger partial charge in [-0.05, 0) is 37.4 Å². The Kier molecular flexibility index (Phi) is 5.48. The van der Waals surface area contributed by atoms with Crippen LogP contribution in [-0.2, 0) is 16.1 Å². The molecule has 1 atom stereocenters. The van der Waals surface area contributed by atoms with Crippen LogP contribution in [0.5, 0.6) is 0 Å². The van der Waals surface area contributed by atoms with Gasteiger partial charge in [0.05, 0.1) is 6.54 Å². The molecule has 0 radical (unpaired) electrons. The molecule has 1 aromatic carbocycles. The first-order valence-corrected chi connectivity index (χ1v) is 8.96. The molecule has 0 saturated heterocycles. The fourth-order valence-corrected chi connectivity index (χ4v) is 2.94. The lowest BCUT2D eigenvalue weighted by Crippen LogP contribution is -2.35. The lowest BCUT2D eigenvalue weighted by atomic mass is 10.2. The van der Waals surface area contributed by atoms with Gasteiger partial charge in [-0.25, -0.2) is 9.78 Å². The maximum atomic E-state index is 12.3. The van der Waals surface area contributed by atoms with Gasteiger partial charge in [0.2, 0.25) is 5.89 Å². The fraction of sp³-hybridized carbons (Fsp3) is 0.211. The van der Waals surface area contributed by atoms with Gasteiger partial charge < -0.3 is 14.5 Å². The summed E-state index contributed by atoms with van der Waals surface area (Å²) in [5.41, 5.74) is 0.832. The summed E-state index contributed by atoms with van der Waals surface area (Å²) in [6.07, 6.45) is -0.932. The van der Waals surface area contributed by atoms with Gasteiger partial charge >= 0.3 is 5.97 Å². The normalized spacial score (nSPS) is 11.8. The number of oxazole rings is 1. The zero-order chi connectivity index (χ0) is 18.5. The average Bonchev–Trinajstić information content (AvgIpc) is 3.29. The predicted octanol–water partition coefficient (Wildman–Crippen LogP) is 3.57. The van der Waals surface area contributed by atoms with Gasteiger partial charge in [-0.3, -0.25) is 4.79 Å².